The molecule has 1 saturated heterocycles. The molecule has 0 N–H and O–H groups in total. The average molecular weight is 191 g/mol. The molecule has 1 atom stereocenters. The molecular weight excluding hydrogens is 174 g/mol. The van der Waals surface area contributed by atoms with Crippen LogP contribution in [0.1, 0.15) is 29.6 Å². The van der Waals surface area contributed by atoms with E-state index in [-0.39, 0.29) is 0 Å². The molecule has 0 aliphatic carbocycles. The predicted octanol–water partition coefficient (Wildman–Crippen LogP) is 1.51. The van der Waals surface area contributed by atoms with Crippen LogP contribution in [0.5, 0.6) is 0 Å². The van der Waals surface area contributed by atoms with Crippen LogP contribution in [-0.2, 0) is 0 Å². The Morgan fingerprint density at radius 3 is 2.71 bits per heavy atom. The lowest BCUT2D eigenvalue weighted by molar-refractivity contribution is 0.410. The number of hydrogen-bond acceptors (Lipinski definition) is 3. The van der Waals surface area contributed by atoms with Gasteiger partial charge in [-0.3, -0.25) is 0 Å². The minimum absolute atomic E-state index is 0.611. The highest BCUT2D eigenvalue weighted by Crippen LogP contribution is 2.24. The lowest BCUT2D eigenvalue weighted by Crippen LogP contribution is -2.14. The second kappa shape index (κ2) is 3.65. The van der Waals surface area contributed by atoms with Crippen molar-refractivity contribution in [2.45, 2.75) is 26.2 Å². The highest BCUT2D eigenvalue weighted by Gasteiger charge is 2.22. The van der Waals surface area contributed by atoms with Gasteiger partial charge in [0.05, 0.1) is 0 Å². The van der Waals surface area contributed by atoms with E-state index in [0.29, 0.717) is 5.92 Å². The molecule has 0 bridgehead atoms. The van der Waals surface area contributed by atoms with Gasteiger partial charge < -0.3 is 4.90 Å². The first-order chi connectivity index (χ1) is 6.65. The molecule has 3 nitrogen and oxygen atoms in total. The lowest BCUT2D eigenvalue weighted by atomic mass is 10.0. The lowest BCUT2D eigenvalue weighted by Gasteiger charge is -2.10. The Labute approximate surface area is 85.2 Å². The summed E-state index contributed by atoms with van der Waals surface area (Å²) >= 11 is 0. The SMILES string of the molecule is Cc1cc(C2CCN(C)C2)nc(C)n1. The number of nitrogens with zero attached hydrogens (tertiary/aromatic N) is 3. The van der Waals surface area contributed by atoms with Gasteiger partial charge in [0.2, 0.25) is 0 Å². The van der Waals surface area contributed by atoms with Gasteiger partial charge in [0, 0.05) is 23.9 Å². The topological polar surface area (TPSA) is 29.0 Å². The highest BCUT2D eigenvalue weighted by atomic mass is 15.1. The third-order valence-electron chi connectivity index (χ3n) is 2.80. The molecule has 76 valence electrons. The summed E-state index contributed by atoms with van der Waals surface area (Å²) in [6.45, 7) is 6.33. The summed E-state index contributed by atoms with van der Waals surface area (Å²) in [5, 5.41) is 0. The maximum absolute atomic E-state index is 4.51. The van der Waals surface area contributed by atoms with E-state index in [9.17, 15) is 0 Å². The first-order valence-corrected chi connectivity index (χ1v) is 5.16. The molecule has 0 aromatic carbocycles. The van der Waals surface area contributed by atoms with Crippen LogP contribution in [-0.4, -0.2) is 35.0 Å². The Morgan fingerprint density at radius 1 is 1.36 bits per heavy atom. The summed E-state index contributed by atoms with van der Waals surface area (Å²) in [5.41, 5.74) is 2.31. The Morgan fingerprint density at radius 2 is 2.14 bits per heavy atom. The van der Waals surface area contributed by atoms with Gasteiger partial charge in [-0.25, -0.2) is 9.97 Å². The maximum atomic E-state index is 4.51. The monoisotopic (exact) mass is 191 g/mol. The first kappa shape index (κ1) is 9.59. The summed E-state index contributed by atoms with van der Waals surface area (Å²) in [5.74, 6) is 1.51. The fourth-order valence-electron chi connectivity index (χ4n) is 2.13. The van der Waals surface area contributed by atoms with Crippen molar-refractivity contribution < 1.29 is 0 Å². The van der Waals surface area contributed by atoms with Crippen molar-refractivity contribution in [1.82, 2.24) is 14.9 Å². The van der Waals surface area contributed by atoms with Crippen LogP contribution in [0.25, 0.3) is 0 Å². The minimum Gasteiger partial charge on any atom is -0.306 e. The zero-order chi connectivity index (χ0) is 10.1. The van der Waals surface area contributed by atoms with Gasteiger partial charge in [-0.2, -0.15) is 0 Å². The predicted molar refractivity (Wildman–Crippen MR) is 56.4 cm³/mol. The molecule has 0 spiro atoms. The number of likely N-dealkylation sites (N-methyl/N-ethyl adjacent to an activating group) is 1. The Balaban J connectivity index is 2.23. The second-order valence-electron chi connectivity index (χ2n) is 4.23. The van der Waals surface area contributed by atoms with Crippen molar-refractivity contribution in [3.63, 3.8) is 0 Å². The van der Waals surface area contributed by atoms with Crippen LogP contribution in [0.2, 0.25) is 0 Å². The minimum atomic E-state index is 0.611. The molecular formula is C11H17N3. The molecule has 1 aromatic heterocycles. The average Bonchev–Trinajstić information content (AvgIpc) is 2.50. The number of likely N-dealkylation sites (tertiary alicyclic amines) is 1. The molecule has 0 amide bonds. The molecule has 1 unspecified atom stereocenters. The van der Waals surface area contributed by atoms with Crippen LogP contribution in [0.4, 0.5) is 0 Å². The van der Waals surface area contributed by atoms with Crippen LogP contribution in [0.15, 0.2) is 6.07 Å². The van der Waals surface area contributed by atoms with Crippen molar-refractivity contribution in [3.8, 4) is 0 Å². The molecule has 0 saturated carbocycles. The Kier molecular flexibility index (Phi) is 2.50. The Hall–Kier alpha value is -0.960. The van der Waals surface area contributed by atoms with E-state index in [1.807, 2.05) is 13.8 Å². The zero-order valence-electron chi connectivity index (χ0n) is 9.12. The van der Waals surface area contributed by atoms with Gasteiger partial charge in [-0.1, -0.05) is 0 Å². The van der Waals surface area contributed by atoms with Gasteiger partial charge in [-0.15, -0.1) is 0 Å². The number of aryl methyl sites for hydroxylation is 2. The summed E-state index contributed by atoms with van der Waals surface area (Å²) in [7, 11) is 2.17. The molecule has 1 fully saturated rings. The summed E-state index contributed by atoms with van der Waals surface area (Å²) in [4.78, 5) is 11.2. The second-order valence-corrected chi connectivity index (χ2v) is 4.23. The first-order valence-electron chi connectivity index (χ1n) is 5.16. The molecule has 1 aliphatic rings. The van der Waals surface area contributed by atoms with E-state index >= 15 is 0 Å². The summed E-state index contributed by atoms with van der Waals surface area (Å²) in [6, 6.07) is 2.12. The molecule has 14 heavy (non-hydrogen) atoms. The molecule has 0 radical (unpaired) electrons. The fourth-order valence-corrected chi connectivity index (χ4v) is 2.13. The third kappa shape index (κ3) is 1.93. The number of rotatable bonds is 1. The Bertz CT molecular complexity index is 315. The van der Waals surface area contributed by atoms with Crippen LogP contribution in [0, 0.1) is 13.8 Å². The van der Waals surface area contributed by atoms with Crippen molar-refractivity contribution in [2.24, 2.45) is 0 Å². The largest absolute Gasteiger partial charge is 0.306 e. The molecule has 3 heteroatoms. The van der Waals surface area contributed by atoms with E-state index in [2.05, 4.69) is 28.0 Å². The molecule has 1 aliphatic heterocycles. The zero-order valence-corrected chi connectivity index (χ0v) is 9.12. The van der Waals surface area contributed by atoms with Crippen LogP contribution in [0.3, 0.4) is 0 Å². The molecule has 2 rings (SSSR count). The fraction of sp³-hybridized carbons (Fsp3) is 0.636. The van der Waals surface area contributed by atoms with E-state index in [4.69, 9.17) is 0 Å². The summed E-state index contributed by atoms with van der Waals surface area (Å²) < 4.78 is 0. The van der Waals surface area contributed by atoms with Crippen molar-refractivity contribution in [1.29, 1.82) is 0 Å². The van der Waals surface area contributed by atoms with Gasteiger partial charge >= 0.3 is 0 Å². The van der Waals surface area contributed by atoms with Crippen molar-refractivity contribution in [2.75, 3.05) is 20.1 Å². The van der Waals surface area contributed by atoms with E-state index in [0.717, 1.165) is 18.1 Å². The van der Waals surface area contributed by atoms with Gasteiger partial charge in [0.25, 0.3) is 0 Å². The van der Waals surface area contributed by atoms with Gasteiger partial charge in [-0.05, 0) is 39.9 Å². The van der Waals surface area contributed by atoms with Crippen molar-refractivity contribution >= 4 is 0 Å². The van der Waals surface area contributed by atoms with Gasteiger partial charge in [0.1, 0.15) is 5.82 Å². The van der Waals surface area contributed by atoms with E-state index in [1.54, 1.807) is 0 Å². The standard InChI is InChI=1S/C11H17N3/c1-8-6-11(13-9(2)12-8)10-4-5-14(3)7-10/h6,10H,4-5,7H2,1-3H3. The van der Waals surface area contributed by atoms with E-state index in [1.165, 1.54) is 18.7 Å². The number of hydrogen-bond donors (Lipinski definition) is 0. The van der Waals surface area contributed by atoms with Crippen LogP contribution >= 0.6 is 0 Å². The van der Waals surface area contributed by atoms with Crippen LogP contribution < -0.4 is 0 Å². The quantitative estimate of drug-likeness (QED) is 0.674. The third-order valence-corrected chi connectivity index (χ3v) is 2.80. The normalized spacial score (nSPS) is 22.9. The van der Waals surface area contributed by atoms with E-state index < -0.39 is 0 Å². The maximum Gasteiger partial charge on any atom is 0.125 e. The summed E-state index contributed by atoms with van der Waals surface area (Å²) in [6.07, 6.45) is 1.23. The molecule has 2 heterocycles. The highest BCUT2D eigenvalue weighted by molar-refractivity contribution is 5.15. The number of aromatic nitrogens is 2. The van der Waals surface area contributed by atoms with Crippen molar-refractivity contribution in [3.05, 3.63) is 23.3 Å². The van der Waals surface area contributed by atoms with Gasteiger partial charge in [0.15, 0.2) is 0 Å². The molecule has 1 aromatic rings. The smallest absolute Gasteiger partial charge is 0.125 e.